The zero-order valence-corrected chi connectivity index (χ0v) is 17.2. The van der Waals surface area contributed by atoms with E-state index in [2.05, 4.69) is 10.4 Å². The number of ether oxygens (including phenoxy) is 1. The lowest BCUT2D eigenvalue weighted by Crippen LogP contribution is -2.43. The molecule has 1 aliphatic rings. The minimum atomic E-state index is -0.981. The van der Waals surface area contributed by atoms with Crippen LogP contribution >= 0.6 is 11.3 Å². The van der Waals surface area contributed by atoms with Gasteiger partial charge in [0.1, 0.15) is 6.04 Å². The molecule has 0 aliphatic carbocycles. The first kappa shape index (κ1) is 20.1. The molecule has 0 bridgehead atoms. The van der Waals surface area contributed by atoms with E-state index in [1.807, 2.05) is 12.3 Å². The number of anilines is 1. The molecule has 28 heavy (non-hydrogen) atoms. The smallest absolute Gasteiger partial charge is 0.329 e. The molecule has 2 aromatic heterocycles. The molecule has 3 heterocycles. The highest BCUT2D eigenvalue weighted by atomic mass is 32.1. The number of aromatic nitrogens is 2. The number of carbonyl (C=O) groups excluding carboxylic acids is 3. The molecule has 0 spiro atoms. The summed E-state index contributed by atoms with van der Waals surface area (Å²) in [5.41, 5.74) is 2.12. The quantitative estimate of drug-likeness (QED) is 0.772. The van der Waals surface area contributed by atoms with Gasteiger partial charge in [0.2, 0.25) is 0 Å². The van der Waals surface area contributed by atoms with Crippen LogP contribution in [0.25, 0.3) is 0 Å². The second-order valence-electron chi connectivity index (χ2n) is 6.87. The van der Waals surface area contributed by atoms with Crippen molar-refractivity contribution in [3.8, 4) is 0 Å². The maximum atomic E-state index is 12.6. The van der Waals surface area contributed by atoms with Crippen molar-refractivity contribution < 1.29 is 19.1 Å². The van der Waals surface area contributed by atoms with Crippen molar-refractivity contribution in [3.63, 3.8) is 0 Å². The van der Waals surface area contributed by atoms with E-state index >= 15 is 0 Å². The molecule has 2 atom stereocenters. The Morgan fingerprint density at radius 1 is 1.36 bits per heavy atom. The van der Waals surface area contributed by atoms with Crippen LogP contribution in [0.2, 0.25) is 0 Å². The minimum absolute atomic E-state index is 0.173. The topological polar surface area (TPSA) is 93.5 Å². The van der Waals surface area contributed by atoms with Crippen molar-refractivity contribution in [2.75, 3.05) is 11.9 Å². The van der Waals surface area contributed by atoms with Crippen LogP contribution in [-0.2, 0) is 21.4 Å². The number of thiophene rings is 1. The Labute approximate surface area is 167 Å². The summed E-state index contributed by atoms with van der Waals surface area (Å²) >= 11 is 1.34. The molecule has 1 saturated heterocycles. The van der Waals surface area contributed by atoms with E-state index in [1.54, 1.807) is 30.8 Å². The highest BCUT2D eigenvalue weighted by Gasteiger charge is 2.37. The van der Waals surface area contributed by atoms with Gasteiger partial charge in [-0.25, -0.2) is 4.79 Å². The van der Waals surface area contributed by atoms with Crippen molar-refractivity contribution in [1.82, 2.24) is 14.7 Å². The third-order valence-corrected chi connectivity index (χ3v) is 5.79. The molecule has 1 aliphatic heterocycles. The fourth-order valence-corrected chi connectivity index (χ4v) is 3.96. The van der Waals surface area contributed by atoms with E-state index in [-0.39, 0.29) is 5.91 Å². The third-order valence-electron chi connectivity index (χ3n) is 4.94. The lowest BCUT2D eigenvalue weighted by atomic mass is 10.2. The summed E-state index contributed by atoms with van der Waals surface area (Å²) in [5.74, 6) is -1.15. The maximum absolute atomic E-state index is 12.6. The van der Waals surface area contributed by atoms with Gasteiger partial charge in [0.05, 0.1) is 22.0 Å². The molecule has 0 saturated carbocycles. The predicted molar refractivity (Wildman–Crippen MR) is 105 cm³/mol. The van der Waals surface area contributed by atoms with Crippen molar-refractivity contribution in [3.05, 3.63) is 33.8 Å². The SMILES string of the molecule is Cc1nn(C)c(C)c1NC(=O)[C@@H](C)OC(=O)[C@@H]1CCCN1C(=O)c1cccs1. The van der Waals surface area contributed by atoms with E-state index in [0.29, 0.717) is 29.2 Å². The zero-order valence-electron chi connectivity index (χ0n) is 16.4. The van der Waals surface area contributed by atoms with E-state index in [4.69, 9.17) is 4.74 Å². The normalized spacial score (nSPS) is 17.4. The standard InChI is InChI=1S/C19H24N4O4S/c1-11-16(12(2)22(4)21-11)20-17(24)13(3)27-19(26)14-7-5-9-23(14)18(25)15-8-6-10-28-15/h6,8,10,13-14H,5,7,9H2,1-4H3,(H,20,24)/t13-,14+/m1/s1. The molecule has 1 N–H and O–H groups in total. The lowest BCUT2D eigenvalue weighted by molar-refractivity contribution is -0.156. The van der Waals surface area contributed by atoms with Gasteiger partial charge in [-0.3, -0.25) is 14.3 Å². The lowest BCUT2D eigenvalue weighted by Gasteiger charge is -2.24. The number of aryl methyl sites for hydroxylation is 2. The van der Waals surface area contributed by atoms with Gasteiger partial charge in [0.25, 0.3) is 11.8 Å². The molecule has 3 rings (SSSR count). The van der Waals surface area contributed by atoms with Crippen LogP contribution in [0.3, 0.4) is 0 Å². The van der Waals surface area contributed by atoms with Crippen molar-refractivity contribution in [1.29, 1.82) is 0 Å². The average molecular weight is 404 g/mol. The second-order valence-corrected chi connectivity index (χ2v) is 7.82. The zero-order chi connectivity index (χ0) is 20.4. The number of amides is 2. The van der Waals surface area contributed by atoms with Gasteiger partial charge in [-0.1, -0.05) is 6.07 Å². The van der Waals surface area contributed by atoms with E-state index < -0.39 is 24.0 Å². The number of nitrogens with zero attached hydrogens (tertiary/aromatic N) is 3. The number of rotatable bonds is 5. The summed E-state index contributed by atoms with van der Waals surface area (Å²) in [7, 11) is 1.79. The van der Waals surface area contributed by atoms with Crippen LogP contribution in [0.15, 0.2) is 17.5 Å². The Balaban J connectivity index is 1.63. The molecule has 9 heteroatoms. The number of esters is 1. The van der Waals surface area contributed by atoms with Crippen LogP contribution in [0.1, 0.15) is 40.8 Å². The third kappa shape index (κ3) is 3.94. The molecule has 1 fully saturated rings. The Morgan fingerprint density at radius 2 is 2.11 bits per heavy atom. The highest BCUT2D eigenvalue weighted by Crippen LogP contribution is 2.24. The summed E-state index contributed by atoms with van der Waals surface area (Å²) in [6.07, 6.45) is 0.280. The molecule has 8 nitrogen and oxygen atoms in total. The molecule has 0 unspecified atom stereocenters. The molecule has 0 aromatic carbocycles. The van der Waals surface area contributed by atoms with Crippen LogP contribution in [0.5, 0.6) is 0 Å². The molecule has 150 valence electrons. The first-order valence-corrected chi connectivity index (χ1v) is 10.0. The number of hydrogen-bond donors (Lipinski definition) is 1. The number of likely N-dealkylation sites (tertiary alicyclic amines) is 1. The monoisotopic (exact) mass is 404 g/mol. The van der Waals surface area contributed by atoms with Crippen LogP contribution in [0, 0.1) is 13.8 Å². The Bertz CT molecular complexity index is 890. The Kier molecular flexibility index (Phi) is 5.83. The van der Waals surface area contributed by atoms with Gasteiger partial charge >= 0.3 is 5.97 Å². The van der Waals surface area contributed by atoms with Crippen LogP contribution in [0.4, 0.5) is 5.69 Å². The van der Waals surface area contributed by atoms with Gasteiger partial charge in [-0.05, 0) is 45.1 Å². The van der Waals surface area contributed by atoms with E-state index in [0.717, 1.165) is 12.1 Å². The van der Waals surface area contributed by atoms with Gasteiger partial charge in [0, 0.05) is 13.6 Å². The maximum Gasteiger partial charge on any atom is 0.329 e. The summed E-state index contributed by atoms with van der Waals surface area (Å²) in [4.78, 5) is 39.8. The fourth-order valence-electron chi connectivity index (χ4n) is 3.28. The summed E-state index contributed by atoms with van der Waals surface area (Å²) in [5, 5.41) is 8.85. The molecule has 0 radical (unpaired) electrons. The molecular weight excluding hydrogens is 380 g/mol. The van der Waals surface area contributed by atoms with Gasteiger partial charge in [-0.15, -0.1) is 11.3 Å². The average Bonchev–Trinajstić information content (AvgIpc) is 3.39. The Hall–Kier alpha value is -2.68. The largest absolute Gasteiger partial charge is 0.451 e. The number of nitrogens with one attached hydrogen (secondary N) is 1. The van der Waals surface area contributed by atoms with Crippen LogP contribution in [-0.4, -0.2) is 51.2 Å². The van der Waals surface area contributed by atoms with Gasteiger partial charge in [0.15, 0.2) is 6.10 Å². The van der Waals surface area contributed by atoms with Crippen molar-refractivity contribution >= 4 is 34.8 Å². The Morgan fingerprint density at radius 3 is 2.71 bits per heavy atom. The summed E-state index contributed by atoms with van der Waals surface area (Å²) in [6.45, 7) is 5.67. The molecule has 2 aromatic rings. The van der Waals surface area contributed by atoms with Gasteiger partial charge in [-0.2, -0.15) is 5.10 Å². The number of carbonyl (C=O) groups is 3. The minimum Gasteiger partial charge on any atom is -0.451 e. The first-order chi connectivity index (χ1) is 13.3. The highest BCUT2D eigenvalue weighted by molar-refractivity contribution is 7.12. The summed E-state index contributed by atoms with van der Waals surface area (Å²) in [6, 6.07) is 2.88. The van der Waals surface area contributed by atoms with Crippen molar-refractivity contribution in [2.45, 2.75) is 45.8 Å². The second kappa shape index (κ2) is 8.14. The van der Waals surface area contributed by atoms with Crippen LogP contribution < -0.4 is 5.32 Å². The summed E-state index contributed by atoms with van der Waals surface area (Å²) < 4.78 is 7.06. The van der Waals surface area contributed by atoms with E-state index in [1.165, 1.54) is 23.2 Å². The number of hydrogen-bond acceptors (Lipinski definition) is 6. The first-order valence-electron chi connectivity index (χ1n) is 9.15. The van der Waals surface area contributed by atoms with Crippen molar-refractivity contribution in [2.24, 2.45) is 7.05 Å². The van der Waals surface area contributed by atoms with Gasteiger partial charge < -0.3 is 15.0 Å². The van der Waals surface area contributed by atoms with E-state index in [9.17, 15) is 14.4 Å². The molecule has 2 amide bonds. The predicted octanol–water partition coefficient (Wildman–Crippen LogP) is 2.27. The fraction of sp³-hybridized carbons (Fsp3) is 0.474. The molecular formula is C19H24N4O4S.